The van der Waals surface area contributed by atoms with E-state index in [1.807, 2.05) is 25.1 Å². The predicted octanol–water partition coefficient (Wildman–Crippen LogP) is 2.78. The molecule has 2 saturated carbocycles. The van der Waals surface area contributed by atoms with Crippen LogP contribution in [0.5, 0.6) is 0 Å². The number of amides is 1. The van der Waals surface area contributed by atoms with Crippen molar-refractivity contribution < 1.29 is 4.79 Å². The van der Waals surface area contributed by atoms with Crippen molar-refractivity contribution in [2.24, 2.45) is 5.92 Å². The van der Waals surface area contributed by atoms with E-state index in [1.165, 1.54) is 32.2 Å². The Kier molecular flexibility index (Phi) is 4.15. The van der Waals surface area contributed by atoms with Gasteiger partial charge in [0.25, 0.3) is 0 Å². The number of carbonyl (C=O) groups excluding carboxylic acids is 1. The average Bonchev–Trinajstić information content (AvgIpc) is 3.30. The van der Waals surface area contributed by atoms with Crippen molar-refractivity contribution in [3.05, 3.63) is 23.8 Å². The zero-order valence-corrected chi connectivity index (χ0v) is 12.8. The lowest BCUT2D eigenvalue weighted by Crippen LogP contribution is -2.31. The number of benzene rings is 1. The predicted molar refractivity (Wildman–Crippen MR) is 86.2 cm³/mol. The number of nitrogens with zero attached hydrogens (tertiary/aromatic N) is 1. The first kappa shape index (κ1) is 14.4. The quantitative estimate of drug-likeness (QED) is 0.758. The molecule has 4 heteroatoms. The Hall–Kier alpha value is -1.55. The van der Waals surface area contributed by atoms with E-state index >= 15 is 0 Å². The van der Waals surface area contributed by atoms with Crippen LogP contribution in [-0.4, -0.2) is 29.9 Å². The van der Waals surface area contributed by atoms with Crippen LogP contribution in [0.15, 0.2) is 18.2 Å². The van der Waals surface area contributed by atoms with Crippen LogP contribution in [-0.2, 0) is 4.79 Å². The van der Waals surface area contributed by atoms with Crippen LogP contribution in [0, 0.1) is 12.8 Å². The number of rotatable bonds is 7. The molecule has 0 unspecified atom stereocenters. The summed E-state index contributed by atoms with van der Waals surface area (Å²) in [7, 11) is 0. The molecule has 3 N–H and O–H groups in total. The number of hydrogen-bond donors (Lipinski definition) is 2. The Morgan fingerprint density at radius 1 is 1.33 bits per heavy atom. The van der Waals surface area contributed by atoms with Crippen LogP contribution >= 0.6 is 0 Å². The second kappa shape index (κ2) is 6.06. The van der Waals surface area contributed by atoms with Crippen molar-refractivity contribution >= 4 is 17.3 Å². The number of nitrogens with two attached hydrogens (primary N) is 1. The number of aryl methyl sites for hydroxylation is 1. The van der Waals surface area contributed by atoms with Crippen molar-refractivity contribution in [2.75, 3.05) is 24.1 Å². The highest BCUT2D eigenvalue weighted by Gasteiger charge is 2.33. The van der Waals surface area contributed by atoms with E-state index in [0.717, 1.165) is 35.4 Å². The van der Waals surface area contributed by atoms with E-state index in [4.69, 9.17) is 5.73 Å². The Labute approximate surface area is 126 Å². The number of nitrogen functional groups attached to an aromatic ring is 1. The number of anilines is 2. The molecule has 1 amide bonds. The second-order valence-corrected chi connectivity index (χ2v) is 6.54. The van der Waals surface area contributed by atoms with Gasteiger partial charge in [-0.15, -0.1) is 0 Å². The van der Waals surface area contributed by atoms with Gasteiger partial charge in [0.1, 0.15) is 0 Å². The third-order valence-corrected chi connectivity index (χ3v) is 4.40. The molecule has 0 bridgehead atoms. The molecule has 21 heavy (non-hydrogen) atoms. The summed E-state index contributed by atoms with van der Waals surface area (Å²) >= 11 is 0. The maximum Gasteiger partial charge on any atom is 0.225 e. The topological polar surface area (TPSA) is 58.4 Å². The molecule has 2 aliphatic rings. The zero-order valence-electron chi connectivity index (χ0n) is 12.8. The SMILES string of the molecule is Cc1cc(N)ccc1NC(=O)CCN(CC1CC1)C1CC1. The molecule has 4 nitrogen and oxygen atoms in total. The van der Waals surface area contributed by atoms with E-state index in [0.29, 0.717) is 6.42 Å². The third kappa shape index (κ3) is 4.21. The van der Waals surface area contributed by atoms with Gasteiger partial charge in [0.05, 0.1) is 0 Å². The Morgan fingerprint density at radius 3 is 2.71 bits per heavy atom. The summed E-state index contributed by atoms with van der Waals surface area (Å²) < 4.78 is 0. The van der Waals surface area contributed by atoms with Crippen LogP contribution in [0.25, 0.3) is 0 Å². The number of hydrogen-bond acceptors (Lipinski definition) is 3. The van der Waals surface area contributed by atoms with Gasteiger partial charge in [0.2, 0.25) is 5.91 Å². The fourth-order valence-corrected chi connectivity index (χ4v) is 2.78. The molecule has 0 saturated heterocycles. The van der Waals surface area contributed by atoms with Gasteiger partial charge in [0, 0.05) is 36.9 Å². The maximum atomic E-state index is 12.1. The van der Waals surface area contributed by atoms with Crippen molar-refractivity contribution in [3.63, 3.8) is 0 Å². The summed E-state index contributed by atoms with van der Waals surface area (Å²) in [6, 6.07) is 6.34. The minimum atomic E-state index is 0.101. The van der Waals surface area contributed by atoms with E-state index in [-0.39, 0.29) is 5.91 Å². The molecule has 2 aliphatic carbocycles. The second-order valence-electron chi connectivity index (χ2n) is 6.54. The van der Waals surface area contributed by atoms with Gasteiger partial charge in [-0.05, 0) is 62.3 Å². The first-order valence-corrected chi connectivity index (χ1v) is 8.02. The molecule has 0 aliphatic heterocycles. The molecule has 1 aromatic rings. The van der Waals surface area contributed by atoms with Crippen LogP contribution in [0.4, 0.5) is 11.4 Å². The molecule has 0 spiro atoms. The molecule has 3 rings (SSSR count). The zero-order chi connectivity index (χ0) is 14.8. The maximum absolute atomic E-state index is 12.1. The normalized spacial score (nSPS) is 18.0. The Morgan fingerprint density at radius 2 is 2.10 bits per heavy atom. The minimum Gasteiger partial charge on any atom is -0.399 e. The molecule has 0 heterocycles. The van der Waals surface area contributed by atoms with Gasteiger partial charge in [-0.25, -0.2) is 0 Å². The van der Waals surface area contributed by atoms with Crippen molar-refractivity contribution in [1.82, 2.24) is 4.90 Å². The van der Waals surface area contributed by atoms with Crippen molar-refractivity contribution in [1.29, 1.82) is 0 Å². The van der Waals surface area contributed by atoms with E-state index < -0.39 is 0 Å². The van der Waals surface area contributed by atoms with Crippen LogP contribution in [0.1, 0.15) is 37.7 Å². The number of carbonyl (C=O) groups is 1. The van der Waals surface area contributed by atoms with Gasteiger partial charge in [0.15, 0.2) is 0 Å². The van der Waals surface area contributed by atoms with Gasteiger partial charge >= 0.3 is 0 Å². The highest BCUT2D eigenvalue weighted by atomic mass is 16.1. The smallest absolute Gasteiger partial charge is 0.225 e. The minimum absolute atomic E-state index is 0.101. The molecule has 114 valence electrons. The van der Waals surface area contributed by atoms with Crippen molar-refractivity contribution in [3.8, 4) is 0 Å². The summed E-state index contributed by atoms with van der Waals surface area (Å²) in [5.41, 5.74) is 8.35. The fourth-order valence-electron chi connectivity index (χ4n) is 2.78. The summed E-state index contributed by atoms with van der Waals surface area (Å²) in [5.74, 6) is 0.998. The molecular weight excluding hydrogens is 262 g/mol. The van der Waals surface area contributed by atoms with E-state index in [9.17, 15) is 4.79 Å². The summed E-state index contributed by atoms with van der Waals surface area (Å²) in [4.78, 5) is 14.7. The summed E-state index contributed by atoms with van der Waals surface area (Å²) in [6.07, 6.45) is 5.95. The highest BCUT2D eigenvalue weighted by molar-refractivity contribution is 5.91. The molecule has 2 fully saturated rings. The molecule has 0 aromatic heterocycles. The lowest BCUT2D eigenvalue weighted by molar-refractivity contribution is -0.116. The largest absolute Gasteiger partial charge is 0.399 e. The Bertz CT molecular complexity index is 521. The van der Waals surface area contributed by atoms with Gasteiger partial charge in [-0.3, -0.25) is 9.69 Å². The molecule has 0 atom stereocenters. The van der Waals surface area contributed by atoms with Crippen LogP contribution < -0.4 is 11.1 Å². The third-order valence-electron chi connectivity index (χ3n) is 4.40. The average molecular weight is 287 g/mol. The van der Waals surface area contributed by atoms with Crippen LogP contribution in [0.3, 0.4) is 0 Å². The van der Waals surface area contributed by atoms with Crippen molar-refractivity contribution in [2.45, 2.75) is 45.1 Å². The van der Waals surface area contributed by atoms with Gasteiger partial charge in [-0.2, -0.15) is 0 Å². The summed E-state index contributed by atoms with van der Waals surface area (Å²) in [5, 5.41) is 3.00. The first-order valence-electron chi connectivity index (χ1n) is 8.02. The van der Waals surface area contributed by atoms with E-state index in [1.54, 1.807) is 0 Å². The van der Waals surface area contributed by atoms with E-state index in [2.05, 4.69) is 10.2 Å². The van der Waals surface area contributed by atoms with Gasteiger partial charge < -0.3 is 11.1 Å². The molecule has 1 aromatic carbocycles. The fraction of sp³-hybridized carbons (Fsp3) is 0.588. The van der Waals surface area contributed by atoms with Gasteiger partial charge in [-0.1, -0.05) is 0 Å². The molecule has 0 radical (unpaired) electrons. The lowest BCUT2D eigenvalue weighted by atomic mass is 10.1. The monoisotopic (exact) mass is 287 g/mol. The first-order chi connectivity index (χ1) is 10.1. The van der Waals surface area contributed by atoms with Crippen LogP contribution in [0.2, 0.25) is 0 Å². The molecular formula is C17H25N3O. The number of nitrogens with one attached hydrogen (secondary N) is 1. The highest BCUT2D eigenvalue weighted by Crippen LogP contribution is 2.34. The standard InChI is InChI=1S/C17H25N3O/c1-12-10-14(18)4-7-16(12)19-17(21)8-9-20(15-5-6-15)11-13-2-3-13/h4,7,10,13,15H,2-3,5-6,8-9,11,18H2,1H3,(H,19,21). The summed E-state index contributed by atoms with van der Waals surface area (Å²) in [6.45, 7) is 4.05. The lowest BCUT2D eigenvalue weighted by Gasteiger charge is -2.21. The Balaban J connectivity index is 1.48.